The van der Waals surface area contributed by atoms with Gasteiger partial charge in [0.25, 0.3) is 0 Å². The summed E-state index contributed by atoms with van der Waals surface area (Å²) in [4.78, 5) is 2.34. The van der Waals surface area contributed by atoms with E-state index < -0.39 is 0 Å². The molecule has 4 rings (SSSR count). The molecule has 1 aliphatic heterocycles. The van der Waals surface area contributed by atoms with E-state index in [1.54, 1.807) is 0 Å². The molecule has 1 saturated heterocycles. The van der Waals surface area contributed by atoms with E-state index in [0.29, 0.717) is 12.5 Å². The number of rotatable bonds is 8. The molecule has 3 aromatic rings. The number of hydrogen-bond donors (Lipinski definition) is 0. The minimum atomic E-state index is 0. The third kappa shape index (κ3) is 7.60. The first-order chi connectivity index (χ1) is 15.2. The fourth-order valence-corrected chi connectivity index (χ4v) is 3.87. The second kappa shape index (κ2) is 13.4. The van der Waals surface area contributed by atoms with E-state index in [2.05, 4.69) is 59.4 Å². The van der Waals surface area contributed by atoms with Crippen LogP contribution in [0.2, 0.25) is 0 Å². The van der Waals surface area contributed by atoms with Gasteiger partial charge in [0.1, 0.15) is 18.5 Å². The second-order valence-corrected chi connectivity index (χ2v) is 8.21. The molecule has 33 heavy (non-hydrogen) atoms. The molecule has 0 spiro atoms. The van der Waals surface area contributed by atoms with Gasteiger partial charge < -0.3 is 14.4 Å². The molecule has 0 aliphatic carbocycles. The number of nitrogens with zero attached hydrogens (tertiary/aromatic N) is 3. The van der Waals surface area contributed by atoms with Gasteiger partial charge in [-0.2, -0.15) is 5.10 Å². The summed E-state index contributed by atoms with van der Waals surface area (Å²) in [5, 5.41) is 8.87. The summed E-state index contributed by atoms with van der Waals surface area (Å²) >= 11 is 0. The summed E-state index contributed by atoms with van der Waals surface area (Å²) in [6.45, 7) is 4.84. The van der Waals surface area contributed by atoms with Crippen LogP contribution in [-0.4, -0.2) is 41.3 Å². The van der Waals surface area contributed by atoms with Crippen LogP contribution in [0.1, 0.15) is 37.4 Å². The summed E-state index contributed by atoms with van der Waals surface area (Å²) in [5.74, 6) is 1.48. The average Bonchev–Trinajstić information content (AvgIpc) is 2.81. The van der Waals surface area contributed by atoms with Crippen LogP contribution >= 0.6 is 24.8 Å². The lowest BCUT2D eigenvalue weighted by molar-refractivity contribution is 0.109. The molecule has 1 aliphatic rings. The molecule has 2 heterocycles. The van der Waals surface area contributed by atoms with Crippen molar-refractivity contribution in [2.24, 2.45) is 0 Å². The highest BCUT2D eigenvalue weighted by Gasteiger charge is 2.19. The largest absolute Gasteiger partial charge is 0.489 e. The lowest BCUT2D eigenvalue weighted by Crippen LogP contribution is -2.35. The predicted octanol–water partition coefficient (Wildman–Crippen LogP) is 5.99. The van der Waals surface area contributed by atoms with Crippen LogP contribution in [0, 0.1) is 0 Å². The molecule has 1 aromatic heterocycles. The van der Waals surface area contributed by atoms with Gasteiger partial charge in [0.2, 0.25) is 5.88 Å². The van der Waals surface area contributed by atoms with E-state index in [-0.39, 0.29) is 30.9 Å². The van der Waals surface area contributed by atoms with Crippen LogP contribution < -0.4 is 9.47 Å². The van der Waals surface area contributed by atoms with Crippen molar-refractivity contribution in [2.45, 2.75) is 45.3 Å². The quantitative estimate of drug-likeness (QED) is 0.388. The first-order valence-electron chi connectivity index (χ1n) is 11.2. The molecule has 7 heteroatoms. The molecule has 0 bridgehead atoms. The third-order valence-electron chi connectivity index (χ3n) is 5.70. The van der Waals surface area contributed by atoms with Crippen molar-refractivity contribution in [2.75, 3.05) is 20.1 Å². The Kier molecular flexibility index (Phi) is 10.9. The van der Waals surface area contributed by atoms with E-state index in [1.807, 2.05) is 30.3 Å². The number of benzene rings is 2. The predicted molar refractivity (Wildman–Crippen MR) is 138 cm³/mol. The maximum absolute atomic E-state index is 6.19. The lowest BCUT2D eigenvalue weighted by atomic mass is 10.0. The molecule has 2 aromatic carbocycles. The van der Waals surface area contributed by atoms with Crippen LogP contribution in [0.15, 0.2) is 60.7 Å². The van der Waals surface area contributed by atoms with Crippen molar-refractivity contribution >= 4 is 24.8 Å². The molecule has 5 nitrogen and oxygen atoms in total. The Balaban J connectivity index is 0.00000193. The van der Waals surface area contributed by atoms with Crippen LogP contribution in [0.4, 0.5) is 0 Å². The first kappa shape index (κ1) is 26.9. The molecule has 0 saturated carbocycles. The lowest BCUT2D eigenvalue weighted by Gasteiger charge is -2.28. The Morgan fingerprint density at radius 3 is 2.30 bits per heavy atom. The van der Waals surface area contributed by atoms with E-state index in [4.69, 9.17) is 9.47 Å². The first-order valence-corrected chi connectivity index (χ1v) is 11.2. The molecule has 0 amide bonds. The van der Waals surface area contributed by atoms with Gasteiger partial charge in [0, 0.05) is 24.7 Å². The van der Waals surface area contributed by atoms with E-state index in [1.165, 1.54) is 0 Å². The number of aromatic nitrogens is 2. The molecule has 1 fully saturated rings. The Morgan fingerprint density at radius 2 is 1.64 bits per heavy atom. The SMILES string of the molecule is CCCc1nnc(OC2CCN(C)CC2)cc1-c1ccc(OCc2ccccc2)cc1.Cl.Cl. The number of piperidine rings is 1. The molecule has 0 N–H and O–H groups in total. The summed E-state index contributed by atoms with van der Waals surface area (Å²) < 4.78 is 12.1. The molecule has 0 unspecified atom stereocenters. The Bertz CT molecular complexity index is 963. The number of hydrogen-bond acceptors (Lipinski definition) is 5. The summed E-state index contributed by atoms with van der Waals surface area (Å²) in [6, 6.07) is 20.5. The van der Waals surface area contributed by atoms with Crippen LogP contribution in [0.3, 0.4) is 0 Å². The van der Waals surface area contributed by atoms with Gasteiger partial charge in [-0.3, -0.25) is 0 Å². The number of ether oxygens (including phenoxy) is 2. The van der Waals surface area contributed by atoms with Crippen molar-refractivity contribution in [1.29, 1.82) is 0 Å². The van der Waals surface area contributed by atoms with Gasteiger partial charge in [0.15, 0.2) is 0 Å². The van der Waals surface area contributed by atoms with Crippen molar-refractivity contribution in [3.8, 4) is 22.8 Å². The monoisotopic (exact) mass is 489 g/mol. The van der Waals surface area contributed by atoms with Crippen molar-refractivity contribution in [3.63, 3.8) is 0 Å². The zero-order chi connectivity index (χ0) is 21.5. The van der Waals surface area contributed by atoms with E-state index in [9.17, 15) is 0 Å². The fraction of sp³-hybridized carbons (Fsp3) is 0.385. The highest BCUT2D eigenvalue weighted by molar-refractivity contribution is 5.85. The normalized spacial score (nSPS) is 14.1. The number of halogens is 2. The molecule has 0 atom stereocenters. The smallest absolute Gasteiger partial charge is 0.234 e. The Hall–Kier alpha value is -2.34. The Labute approximate surface area is 209 Å². The molecular weight excluding hydrogens is 457 g/mol. The van der Waals surface area contributed by atoms with Crippen LogP contribution in [0.25, 0.3) is 11.1 Å². The molecule has 0 radical (unpaired) electrons. The average molecular weight is 490 g/mol. The summed E-state index contributed by atoms with van der Waals surface area (Å²) in [6.07, 6.45) is 4.18. The van der Waals surface area contributed by atoms with E-state index in [0.717, 1.165) is 66.9 Å². The van der Waals surface area contributed by atoms with Gasteiger partial charge in [-0.1, -0.05) is 55.8 Å². The van der Waals surface area contributed by atoms with Gasteiger partial charge in [-0.15, -0.1) is 29.9 Å². The standard InChI is InChI=1S/C26H31N3O2.2ClH/c1-3-7-25-24(18-26(28-27-25)31-23-14-16-29(2)17-15-23)21-10-12-22(13-11-21)30-19-20-8-5-4-6-9-20;;/h4-6,8-13,18,23H,3,7,14-17,19H2,1-2H3;2*1H. The van der Waals surface area contributed by atoms with Crippen LogP contribution in [0.5, 0.6) is 11.6 Å². The topological polar surface area (TPSA) is 47.5 Å². The van der Waals surface area contributed by atoms with Gasteiger partial charge in [-0.05, 0) is 49.6 Å². The fourth-order valence-electron chi connectivity index (χ4n) is 3.87. The van der Waals surface area contributed by atoms with Gasteiger partial charge in [0.05, 0.1) is 5.69 Å². The highest BCUT2D eigenvalue weighted by Crippen LogP contribution is 2.29. The maximum atomic E-state index is 6.19. The minimum absolute atomic E-state index is 0. The third-order valence-corrected chi connectivity index (χ3v) is 5.70. The van der Waals surface area contributed by atoms with Crippen molar-refractivity contribution in [3.05, 3.63) is 71.9 Å². The molecule has 178 valence electrons. The Morgan fingerprint density at radius 1 is 0.939 bits per heavy atom. The van der Waals surface area contributed by atoms with Crippen LogP contribution in [-0.2, 0) is 13.0 Å². The zero-order valence-electron chi connectivity index (χ0n) is 19.3. The number of likely N-dealkylation sites (tertiary alicyclic amines) is 1. The number of aryl methyl sites for hydroxylation is 1. The minimum Gasteiger partial charge on any atom is -0.489 e. The highest BCUT2D eigenvalue weighted by atomic mass is 35.5. The van der Waals surface area contributed by atoms with Crippen molar-refractivity contribution in [1.82, 2.24) is 15.1 Å². The second-order valence-electron chi connectivity index (χ2n) is 8.21. The zero-order valence-corrected chi connectivity index (χ0v) is 20.9. The van der Waals surface area contributed by atoms with E-state index >= 15 is 0 Å². The van der Waals surface area contributed by atoms with Gasteiger partial charge in [-0.25, -0.2) is 0 Å². The van der Waals surface area contributed by atoms with Gasteiger partial charge >= 0.3 is 0 Å². The maximum Gasteiger partial charge on any atom is 0.234 e. The molecular formula is C26H33Cl2N3O2. The summed E-state index contributed by atoms with van der Waals surface area (Å²) in [7, 11) is 2.15. The summed E-state index contributed by atoms with van der Waals surface area (Å²) in [5.41, 5.74) is 4.37. The van der Waals surface area contributed by atoms with Crippen molar-refractivity contribution < 1.29 is 9.47 Å².